The van der Waals surface area contributed by atoms with Gasteiger partial charge in [0.1, 0.15) is 0 Å². The van der Waals surface area contributed by atoms with Gasteiger partial charge in [0.05, 0.1) is 11.4 Å². The van der Waals surface area contributed by atoms with Crippen molar-refractivity contribution in [3.63, 3.8) is 0 Å². The van der Waals surface area contributed by atoms with Gasteiger partial charge in [-0.3, -0.25) is 4.90 Å². The van der Waals surface area contributed by atoms with Gasteiger partial charge in [-0.15, -0.1) is 11.3 Å². The molecule has 118 valence electrons. The van der Waals surface area contributed by atoms with Gasteiger partial charge in [-0.25, -0.2) is 0 Å². The fourth-order valence-electron chi connectivity index (χ4n) is 2.30. The maximum Gasteiger partial charge on any atom is 0.0772 e. The predicted octanol–water partition coefficient (Wildman–Crippen LogP) is 2.61. The third-order valence-corrected chi connectivity index (χ3v) is 4.63. The Balaban J connectivity index is 2.41. The zero-order chi connectivity index (χ0) is 15.5. The van der Waals surface area contributed by atoms with Gasteiger partial charge in [-0.1, -0.05) is 32.6 Å². The molecule has 1 aromatic rings. The first-order valence-corrected chi connectivity index (χ1v) is 8.77. The fourth-order valence-corrected chi connectivity index (χ4v) is 3.22. The van der Waals surface area contributed by atoms with Crippen molar-refractivity contribution < 1.29 is 0 Å². The van der Waals surface area contributed by atoms with Crippen LogP contribution in [0.2, 0.25) is 0 Å². The minimum Gasteiger partial charge on any atom is -0.320 e. The van der Waals surface area contributed by atoms with Crippen LogP contribution in [0.5, 0.6) is 0 Å². The number of nitrogens with two attached hydrogens (primary N) is 1. The molecule has 0 aliphatic heterocycles. The summed E-state index contributed by atoms with van der Waals surface area (Å²) in [6.45, 7) is 13.9. The van der Waals surface area contributed by atoms with E-state index in [1.165, 1.54) is 17.8 Å². The molecule has 0 aromatic carbocycles. The molecule has 1 aromatic heterocycles. The molecule has 1 heterocycles. The second kappa shape index (κ2) is 10.8. The normalized spacial score (nSPS) is 11.0. The quantitative estimate of drug-likeness (QED) is 0.712. The largest absolute Gasteiger partial charge is 0.320 e. The van der Waals surface area contributed by atoms with Crippen LogP contribution in [-0.4, -0.2) is 49.1 Å². The van der Waals surface area contributed by atoms with Crippen LogP contribution in [0.3, 0.4) is 0 Å². The second-order valence-electron chi connectivity index (χ2n) is 5.02. The van der Waals surface area contributed by atoms with Gasteiger partial charge in [0, 0.05) is 11.4 Å². The van der Waals surface area contributed by atoms with Gasteiger partial charge in [-0.2, -0.15) is 0 Å². The summed E-state index contributed by atoms with van der Waals surface area (Å²) in [7, 11) is 0. The fraction of sp³-hybridized carbons (Fsp3) is 0.647. The molecule has 0 spiro atoms. The van der Waals surface area contributed by atoms with Crippen LogP contribution in [0.15, 0.2) is 12.1 Å². The minimum atomic E-state index is 0.430. The van der Waals surface area contributed by atoms with E-state index >= 15 is 0 Å². The average Bonchev–Trinajstić information content (AvgIpc) is 2.95. The highest BCUT2D eigenvalue weighted by Gasteiger charge is 2.07. The molecule has 0 amide bonds. The highest BCUT2D eigenvalue weighted by atomic mass is 32.1. The molecule has 1 rings (SSSR count). The molecule has 0 aliphatic rings. The highest BCUT2D eigenvalue weighted by molar-refractivity contribution is 7.12. The summed E-state index contributed by atoms with van der Waals surface area (Å²) in [5.74, 6) is 6.02. The van der Waals surface area contributed by atoms with E-state index in [1.807, 2.05) is 0 Å². The Morgan fingerprint density at radius 2 is 1.71 bits per heavy atom. The Morgan fingerprint density at radius 1 is 1.05 bits per heavy atom. The Morgan fingerprint density at radius 3 is 2.33 bits per heavy atom. The Hall–Kier alpha value is -0.860. The van der Waals surface area contributed by atoms with Crippen LogP contribution in [0.1, 0.15) is 36.9 Å². The van der Waals surface area contributed by atoms with Gasteiger partial charge in [0.15, 0.2) is 0 Å². The first-order chi connectivity index (χ1) is 10.2. The maximum atomic E-state index is 5.41. The van der Waals surface area contributed by atoms with Crippen LogP contribution in [-0.2, 0) is 6.54 Å². The first kappa shape index (κ1) is 18.2. The number of hydrogen-bond donors (Lipinski definition) is 1. The second-order valence-corrected chi connectivity index (χ2v) is 6.19. The van der Waals surface area contributed by atoms with E-state index in [1.54, 1.807) is 11.3 Å². The number of hydrogen-bond acceptors (Lipinski definition) is 4. The van der Waals surface area contributed by atoms with E-state index in [-0.39, 0.29) is 0 Å². The maximum absolute atomic E-state index is 5.41. The van der Waals surface area contributed by atoms with Crippen LogP contribution in [0.25, 0.3) is 0 Å². The van der Waals surface area contributed by atoms with Gasteiger partial charge in [0.25, 0.3) is 0 Å². The summed E-state index contributed by atoms with van der Waals surface area (Å²) in [6, 6.07) is 4.30. The summed E-state index contributed by atoms with van der Waals surface area (Å²) in [4.78, 5) is 7.50. The van der Waals surface area contributed by atoms with Crippen molar-refractivity contribution in [2.75, 3.05) is 39.3 Å². The van der Waals surface area contributed by atoms with Crippen molar-refractivity contribution in [3.8, 4) is 11.8 Å². The molecule has 21 heavy (non-hydrogen) atoms. The molecule has 0 saturated heterocycles. The molecule has 0 bridgehead atoms. The number of nitrogens with zero attached hydrogens (tertiary/aromatic N) is 2. The lowest BCUT2D eigenvalue weighted by Gasteiger charge is -2.22. The van der Waals surface area contributed by atoms with Crippen LogP contribution in [0, 0.1) is 11.8 Å². The molecular formula is C17H29N3S. The molecule has 3 nitrogen and oxygen atoms in total. The highest BCUT2D eigenvalue weighted by Crippen LogP contribution is 2.17. The monoisotopic (exact) mass is 307 g/mol. The number of thiophene rings is 1. The smallest absolute Gasteiger partial charge is 0.0772 e. The third-order valence-electron chi connectivity index (χ3n) is 3.65. The molecule has 0 atom stereocenters. The average molecular weight is 308 g/mol. The molecule has 0 saturated carbocycles. The molecule has 0 aliphatic carbocycles. The molecular weight excluding hydrogens is 278 g/mol. The summed E-state index contributed by atoms with van der Waals surface area (Å²) >= 11 is 1.78. The standard InChI is InChI=1S/C17H29N3S/c1-4-19(5-2)13-8-14-20(6-3)15-17-11-10-16(21-17)9-7-12-18/h10-11H,4-6,8,12-15,18H2,1-3H3. The van der Waals surface area contributed by atoms with Crippen LogP contribution < -0.4 is 5.73 Å². The van der Waals surface area contributed by atoms with Gasteiger partial charge in [0.2, 0.25) is 0 Å². The van der Waals surface area contributed by atoms with Crippen molar-refractivity contribution in [1.82, 2.24) is 9.80 Å². The van der Waals surface area contributed by atoms with Gasteiger partial charge < -0.3 is 10.6 Å². The van der Waals surface area contributed by atoms with Crippen LogP contribution in [0.4, 0.5) is 0 Å². The lowest BCUT2D eigenvalue weighted by Crippen LogP contribution is -2.29. The Kier molecular flexibility index (Phi) is 9.36. The predicted molar refractivity (Wildman–Crippen MR) is 93.6 cm³/mol. The summed E-state index contributed by atoms with van der Waals surface area (Å²) in [6.07, 6.45) is 1.24. The van der Waals surface area contributed by atoms with Crippen molar-refractivity contribution in [1.29, 1.82) is 0 Å². The zero-order valence-corrected chi connectivity index (χ0v) is 14.5. The summed E-state index contributed by atoms with van der Waals surface area (Å²) < 4.78 is 0. The molecule has 2 N–H and O–H groups in total. The summed E-state index contributed by atoms with van der Waals surface area (Å²) in [5, 5.41) is 0. The summed E-state index contributed by atoms with van der Waals surface area (Å²) in [5.41, 5.74) is 5.41. The van der Waals surface area contributed by atoms with Gasteiger partial charge in [-0.05, 0) is 51.3 Å². The Labute approximate surface area is 134 Å². The van der Waals surface area contributed by atoms with Crippen molar-refractivity contribution >= 4 is 11.3 Å². The van der Waals surface area contributed by atoms with Gasteiger partial charge >= 0.3 is 0 Å². The van der Waals surface area contributed by atoms with E-state index < -0.39 is 0 Å². The minimum absolute atomic E-state index is 0.430. The molecule has 0 unspecified atom stereocenters. The first-order valence-electron chi connectivity index (χ1n) is 7.95. The van der Waals surface area contributed by atoms with E-state index in [4.69, 9.17) is 5.73 Å². The Bertz CT molecular complexity index is 440. The van der Waals surface area contributed by atoms with E-state index in [0.29, 0.717) is 6.54 Å². The molecule has 0 radical (unpaired) electrons. The van der Waals surface area contributed by atoms with E-state index in [9.17, 15) is 0 Å². The van der Waals surface area contributed by atoms with Crippen molar-refractivity contribution in [2.24, 2.45) is 5.73 Å². The van der Waals surface area contributed by atoms with E-state index in [0.717, 1.165) is 37.6 Å². The molecule has 4 heteroatoms. The van der Waals surface area contributed by atoms with Crippen LogP contribution >= 0.6 is 11.3 Å². The van der Waals surface area contributed by atoms with Crippen molar-refractivity contribution in [2.45, 2.75) is 33.7 Å². The topological polar surface area (TPSA) is 32.5 Å². The van der Waals surface area contributed by atoms with Crippen molar-refractivity contribution in [3.05, 3.63) is 21.9 Å². The number of rotatable bonds is 9. The lowest BCUT2D eigenvalue weighted by atomic mass is 10.3. The molecule has 0 fully saturated rings. The lowest BCUT2D eigenvalue weighted by molar-refractivity contribution is 0.240. The third kappa shape index (κ3) is 7.10. The zero-order valence-electron chi connectivity index (χ0n) is 13.7. The SMILES string of the molecule is CCN(CC)CCCN(CC)Cc1ccc(C#CCN)s1. The van der Waals surface area contributed by atoms with E-state index in [2.05, 4.69) is 54.5 Å².